The lowest BCUT2D eigenvalue weighted by Crippen LogP contribution is -2.30. The quantitative estimate of drug-likeness (QED) is 0.217. The largest absolute Gasteiger partial charge is 0.507 e. The highest BCUT2D eigenvalue weighted by molar-refractivity contribution is 6.51. The van der Waals surface area contributed by atoms with Gasteiger partial charge in [0, 0.05) is 5.56 Å². The van der Waals surface area contributed by atoms with Crippen LogP contribution in [0.1, 0.15) is 24.1 Å². The van der Waals surface area contributed by atoms with E-state index in [0.717, 1.165) is 0 Å². The van der Waals surface area contributed by atoms with Crippen molar-refractivity contribution in [3.8, 4) is 17.2 Å². The summed E-state index contributed by atoms with van der Waals surface area (Å²) in [6.45, 7) is 2.23. The number of hydrogen-bond acceptors (Lipinski definition) is 7. The number of Topliss-reactive ketones (excluding diaryl/α,β-unsaturated/α-hetero) is 1. The molecule has 1 aliphatic heterocycles. The first-order valence-corrected chi connectivity index (χ1v) is 11.7. The fraction of sp³-hybridized carbons (Fsp3) is 0.179. The van der Waals surface area contributed by atoms with E-state index in [1.165, 1.54) is 19.1 Å². The first kappa shape index (κ1) is 23.9. The number of carbonyl (C=O) groups is 2. The van der Waals surface area contributed by atoms with Gasteiger partial charge in [0.25, 0.3) is 5.78 Å². The zero-order valence-electron chi connectivity index (χ0n) is 20.5. The third-order valence-electron chi connectivity index (χ3n) is 6.22. The number of anilines is 1. The van der Waals surface area contributed by atoms with Gasteiger partial charge >= 0.3 is 5.91 Å². The molecule has 188 valence electrons. The second kappa shape index (κ2) is 9.69. The number of aliphatic hydroxyl groups excluding tert-OH is 1. The van der Waals surface area contributed by atoms with Crippen molar-refractivity contribution in [2.45, 2.75) is 13.0 Å². The van der Waals surface area contributed by atoms with Crippen molar-refractivity contribution in [1.29, 1.82) is 0 Å². The van der Waals surface area contributed by atoms with E-state index in [4.69, 9.17) is 14.2 Å². The van der Waals surface area contributed by atoms with Gasteiger partial charge in [0.05, 0.1) is 43.5 Å². The van der Waals surface area contributed by atoms with E-state index < -0.39 is 17.7 Å². The number of aromatic nitrogens is 2. The van der Waals surface area contributed by atoms with Gasteiger partial charge in [-0.3, -0.25) is 14.5 Å². The van der Waals surface area contributed by atoms with Crippen LogP contribution in [0.15, 0.2) is 72.3 Å². The average molecular weight is 500 g/mol. The third-order valence-corrected chi connectivity index (χ3v) is 6.22. The molecule has 1 atom stereocenters. The molecule has 0 radical (unpaired) electrons. The number of H-pyrrole nitrogens is 1. The minimum atomic E-state index is -0.979. The van der Waals surface area contributed by atoms with Crippen molar-refractivity contribution in [2.75, 3.05) is 25.7 Å². The first-order chi connectivity index (χ1) is 18.0. The number of ether oxygens (including phenoxy) is 3. The Kier molecular flexibility index (Phi) is 6.27. The van der Waals surface area contributed by atoms with Crippen LogP contribution < -0.4 is 19.1 Å². The van der Waals surface area contributed by atoms with Crippen LogP contribution in [0.4, 0.5) is 5.95 Å². The number of benzene rings is 3. The maximum Gasteiger partial charge on any atom is 0.302 e. The van der Waals surface area contributed by atoms with Crippen molar-refractivity contribution < 1.29 is 28.9 Å². The standard InChI is InChI=1S/C28H25N3O6/c1-4-37-22-15-17(11-14-21(22)36-3)24-23(25(32)16-9-12-18(35-2)13-10-16)26(33)27(34)31(24)28-29-19-7-5-6-8-20(19)30-28/h5-15,24,32H,4H2,1-3H3,(H,29,30)/b25-23+. The van der Waals surface area contributed by atoms with Crippen LogP contribution in [0.25, 0.3) is 16.8 Å². The van der Waals surface area contributed by atoms with Gasteiger partial charge in [-0.15, -0.1) is 0 Å². The fourth-order valence-corrected chi connectivity index (χ4v) is 4.46. The predicted octanol–water partition coefficient (Wildman–Crippen LogP) is 4.61. The number of nitrogens with one attached hydrogen (secondary N) is 1. The molecule has 1 aromatic heterocycles. The fourth-order valence-electron chi connectivity index (χ4n) is 4.46. The van der Waals surface area contributed by atoms with Crippen LogP contribution in [0.3, 0.4) is 0 Å². The number of hydrogen-bond donors (Lipinski definition) is 2. The highest BCUT2D eigenvalue weighted by atomic mass is 16.5. The second-order valence-corrected chi connectivity index (χ2v) is 8.32. The monoisotopic (exact) mass is 499 g/mol. The van der Waals surface area contributed by atoms with E-state index in [-0.39, 0.29) is 17.3 Å². The molecule has 3 aromatic carbocycles. The Morgan fingerprint density at radius 2 is 1.76 bits per heavy atom. The highest BCUT2D eigenvalue weighted by Crippen LogP contribution is 2.43. The van der Waals surface area contributed by atoms with Crippen molar-refractivity contribution in [2.24, 2.45) is 0 Å². The van der Waals surface area contributed by atoms with Crippen LogP contribution in [0, 0.1) is 0 Å². The van der Waals surface area contributed by atoms with E-state index in [2.05, 4.69) is 9.97 Å². The summed E-state index contributed by atoms with van der Waals surface area (Å²) in [5.41, 5.74) is 2.19. The summed E-state index contributed by atoms with van der Waals surface area (Å²) in [6, 6.07) is 18.1. The van der Waals surface area contributed by atoms with Crippen molar-refractivity contribution in [3.05, 3.63) is 83.4 Å². The molecule has 1 unspecified atom stereocenters. The van der Waals surface area contributed by atoms with Crippen molar-refractivity contribution in [1.82, 2.24) is 9.97 Å². The Labute approximate surface area is 212 Å². The summed E-state index contributed by atoms with van der Waals surface area (Å²) < 4.78 is 16.4. The number of ketones is 1. The zero-order chi connectivity index (χ0) is 26.1. The van der Waals surface area contributed by atoms with Gasteiger partial charge in [-0.2, -0.15) is 0 Å². The number of para-hydroxylation sites is 2. The van der Waals surface area contributed by atoms with E-state index in [0.29, 0.717) is 46.0 Å². The molecule has 9 heteroatoms. The van der Waals surface area contributed by atoms with Gasteiger partial charge in [-0.05, 0) is 61.0 Å². The Morgan fingerprint density at radius 1 is 1.00 bits per heavy atom. The topological polar surface area (TPSA) is 114 Å². The maximum atomic E-state index is 13.4. The van der Waals surface area contributed by atoms with Crippen LogP contribution in [-0.2, 0) is 9.59 Å². The lowest BCUT2D eigenvalue weighted by molar-refractivity contribution is -0.132. The van der Waals surface area contributed by atoms with Crippen LogP contribution >= 0.6 is 0 Å². The molecule has 4 aromatic rings. The van der Waals surface area contributed by atoms with Gasteiger partial charge in [-0.1, -0.05) is 18.2 Å². The van der Waals surface area contributed by atoms with Crippen LogP contribution in [0.5, 0.6) is 17.2 Å². The molecular formula is C28H25N3O6. The number of aromatic amines is 1. The average Bonchev–Trinajstić information content (AvgIpc) is 3.46. The Balaban J connectivity index is 1.73. The molecule has 2 heterocycles. The lowest BCUT2D eigenvalue weighted by Gasteiger charge is -2.24. The SMILES string of the molecule is CCOc1cc(C2/C(=C(\O)c3ccc(OC)cc3)C(=O)C(=O)N2c2nc3ccccc3[nH]2)ccc1OC. The Morgan fingerprint density at radius 3 is 2.43 bits per heavy atom. The molecule has 5 rings (SSSR count). The number of aliphatic hydroxyl groups is 1. The maximum absolute atomic E-state index is 13.4. The molecular weight excluding hydrogens is 474 g/mol. The van der Waals surface area contributed by atoms with E-state index in [1.54, 1.807) is 48.5 Å². The normalized spacial score (nSPS) is 16.8. The molecule has 1 aliphatic rings. The molecule has 1 amide bonds. The van der Waals surface area contributed by atoms with Crippen LogP contribution in [0.2, 0.25) is 0 Å². The molecule has 2 N–H and O–H groups in total. The van der Waals surface area contributed by atoms with Crippen LogP contribution in [-0.4, -0.2) is 47.6 Å². The molecule has 1 fully saturated rings. The minimum absolute atomic E-state index is 0.0664. The number of fused-ring (bicyclic) bond motifs is 1. The molecule has 0 aliphatic carbocycles. The van der Waals surface area contributed by atoms with Gasteiger partial charge in [0.2, 0.25) is 5.95 Å². The minimum Gasteiger partial charge on any atom is -0.507 e. The van der Waals surface area contributed by atoms with E-state index in [1.807, 2.05) is 25.1 Å². The number of amides is 1. The molecule has 0 bridgehead atoms. The summed E-state index contributed by atoms with van der Waals surface area (Å²) in [5, 5.41) is 11.3. The van der Waals surface area contributed by atoms with Gasteiger partial charge in [-0.25, -0.2) is 4.98 Å². The zero-order valence-corrected chi connectivity index (χ0v) is 20.5. The number of imidazole rings is 1. The van der Waals surface area contributed by atoms with Gasteiger partial charge in [0.1, 0.15) is 11.5 Å². The number of nitrogens with zero attached hydrogens (tertiary/aromatic N) is 2. The summed E-state index contributed by atoms with van der Waals surface area (Å²) in [7, 11) is 3.06. The van der Waals surface area contributed by atoms with Gasteiger partial charge < -0.3 is 24.3 Å². The number of rotatable bonds is 7. The van der Waals surface area contributed by atoms with Gasteiger partial charge in [0.15, 0.2) is 11.5 Å². The second-order valence-electron chi connectivity index (χ2n) is 8.32. The summed E-state index contributed by atoms with van der Waals surface area (Å²) >= 11 is 0. The molecule has 0 spiro atoms. The summed E-state index contributed by atoms with van der Waals surface area (Å²) in [4.78, 5) is 35.8. The summed E-state index contributed by atoms with van der Waals surface area (Å²) in [6.07, 6.45) is 0. The number of methoxy groups -OCH3 is 2. The third kappa shape index (κ3) is 4.14. The smallest absolute Gasteiger partial charge is 0.302 e. The van der Waals surface area contributed by atoms with E-state index in [9.17, 15) is 14.7 Å². The molecule has 37 heavy (non-hydrogen) atoms. The number of carbonyl (C=O) groups excluding carboxylic acids is 2. The molecule has 0 saturated carbocycles. The van der Waals surface area contributed by atoms with Crippen molar-refractivity contribution in [3.63, 3.8) is 0 Å². The Hall–Kier alpha value is -4.79. The molecule has 9 nitrogen and oxygen atoms in total. The lowest BCUT2D eigenvalue weighted by atomic mass is 9.95. The van der Waals surface area contributed by atoms with E-state index >= 15 is 0 Å². The first-order valence-electron chi connectivity index (χ1n) is 11.7. The molecule has 1 saturated heterocycles. The highest BCUT2D eigenvalue weighted by Gasteiger charge is 2.48. The van der Waals surface area contributed by atoms with Crippen molar-refractivity contribution >= 4 is 34.4 Å². The Bertz CT molecular complexity index is 1490. The predicted molar refractivity (Wildman–Crippen MR) is 138 cm³/mol. The summed E-state index contributed by atoms with van der Waals surface area (Å²) in [5.74, 6) is -0.217.